The van der Waals surface area contributed by atoms with Gasteiger partial charge in [0.05, 0.1) is 10.8 Å². The summed E-state index contributed by atoms with van der Waals surface area (Å²) >= 11 is 7.62. The van der Waals surface area contributed by atoms with E-state index < -0.39 is 0 Å². The third-order valence-electron chi connectivity index (χ3n) is 5.03. The Hall–Kier alpha value is -2.51. The van der Waals surface area contributed by atoms with Crippen molar-refractivity contribution in [1.82, 2.24) is 14.8 Å². The SMILES string of the molecule is CCn1c(SCC(=O)Nc2cccc(C)c2C)nnc1C(C)Oc1cc(C)ccc1Cl. The van der Waals surface area contributed by atoms with Crippen LogP contribution in [0.4, 0.5) is 5.69 Å². The lowest BCUT2D eigenvalue weighted by Crippen LogP contribution is -2.16. The van der Waals surface area contributed by atoms with E-state index in [2.05, 4.69) is 15.5 Å². The predicted molar refractivity (Wildman–Crippen MR) is 126 cm³/mol. The maximum absolute atomic E-state index is 12.5. The Morgan fingerprint density at radius 1 is 1.23 bits per heavy atom. The number of aromatic nitrogens is 3. The topological polar surface area (TPSA) is 69.0 Å². The number of amides is 1. The van der Waals surface area contributed by atoms with E-state index >= 15 is 0 Å². The van der Waals surface area contributed by atoms with Crippen molar-refractivity contribution in [3.63, 3.8) is 0 Å². The number of aryl methyl sites for hydroxylation is 2. The number of ether oxygens (including phenoxy) is 1. The van der Waals surface area contributed by atoms with Gasteiger partial charge in [-0.25, -0.2) is 0 Å². The number of carbonyl (C=O) groups excluding carboxylic acids is 1. The second-order valence-electron chi connectivity index (χ2n) is 7.36. The van der Waals surface area contributed by atoms with Crippen molar-refractivity contribution in [2.45, 2.75) is 52.4 Å². The molecule has 1 amide bonds. The molecular weight excluding hydrogens is 432 g/mol. The molecule has 0 aliphatic heterocycles. The highest BCUT2D eigenvalue weighted by atomic mass is 35.5. The molecule has 1 N–H and O–H groups in total. The highest BCUT2D eigenvalue weighted by Gasteiger charge is 2.20. The summed E-state index contributed by atoms with van der Waals surface area (Å²) in [5.74, 6) is 1.46. The number of nitrogens with one attached hydrogen (secondary N) is 1. The molecule has 2 aromatic carbocycles. The van der Waals surface area contributed by atoms with Crippen LogP contribution in [0.1, 0.15) is 42.5 Å². The van der Waals surface area contributed by atoms with E-state index in [-0.39, 0.29) is 17.8 Å². The van der Waals surface area contributed by atoms with E-state index in [1.54, 1.807) is 0 Å². The lowest BCUT2D eigenvalue weighted by atomic mass is 10.1. The van der Waals surface area contributed by atoms with Crippen molar-refractivity contribution >= 4 is 35.0 Å². The number of halogens is 1. The molecule has 0 aliphatic rings. The Morgan fingerprint density at radius 2 is 2.00 bits per heavy atom. The molecule has 31 heavy (non-hydrogen) atoms. The minimum Gasteiger partial charge on any atom is -0.481 e. The molecule has 0 fully saturated rings. The van der Waals surface area contributed by atoms with Crippen LogP contribution in [0.3, 0.4) is 0 Å². The van der Waals surface area contributed by atoms with Crippen LogP contribution in [0.5, 0.6) is 5.75 Å². The molecule has 0 bridgehead atoms. The summed E-state index contributed by atoms with van der Waals surface area (Å²) in [4.78, 5) is 12.5. The van der Waals surface area contributed by atoms with Gasteiger partial charge < -0.3 is 14.6 Å². The Kier molecular flexibility index (Phi) is 7.62. The van der Waals surface area contributed by atoms with Crippen LogP contribution in [0.25, 0.3) is 0 Å². The molecule has 1 atom stereocenters. The highest BCUT2D eigenvalue weighted by molar-refractivity contribution is 7.99. The van der Waals surface area contributed by atoms with Gasteiger partial charge in [-0.1, -0.05) is 41.6 Å². The van der Waals surface area contributed by atoms with E-state index in [9.17, 15) is 4.79 Å². The second-order valence-corrected chi connectivity index (χ2v) is 8.71. The zero-order valence-electron chi connectivity index (χ0n) is 18.4. The number of nitrogens with zero attached hydrogens (tertiary/aromatic N) is 3. The first-order chi connectivity index (χ1) is 14.8. The minimum absolute atomic E-state index is 0.0817. The van der Waals surface area contributed by atoms with Crippen molar-refractivity contribution in [2.24, 2.45) is 0 Å². The molecule has 8 heteroatoms. The van der Waals surface area contributed by atoms with E-state index in [4.69, 9.17) is 16.3 Å². The van der Waals surface area contributed by atoms with Crippen LogP contribution in [-0.4, -0.2) is 26.4 Å². The van der Waals surface area contributed by atoms with Gasteiger partial charge in [-0.2, -0.15) is 0 Å². The lowest BCUT2D eigenvalue weighted by molar-refractivity contribution is -0.113. The predicted octanol–water partition coefficient (Wildman–Crippen LogP) is 5.75. The average Bonchev–Trinajstić information content (AvgIpc) is 3.15. The summed E-state index contributed by atoms with van der Waals surface area (Å²) in [6.07, 6.45) is -0.343. The Morgan fingerprint density at radius 3 is 2.74 bits per heavy atom. The van der Waals surface area contributed by atoms with Crippen LogP contribution in [0.2, 0.25) is 5.02 Å². The fourth-order valence-corrected chi connectivity index (χ4v) is 4.12. The number of hydrogen-bond donors (Lipinski definition) is 1. The Balaban J connectivity index is 1.67. The molecule has 1 aromatic heterocycles. The van der Waals surface area contributed by atoms with E-state index in [0.29, 0.717) is 28.3 Å². The molecule has 0 aliphatic carbocycles. The van der Waals surface area contributed by atoms with E-state index in [0.717, 1.165) is 22.4 Å². The van der Waals surface area contributed by atoms with Gasteiger partial charge in [0.25, 0.3) is 0 Å². The van der Waals surface area contributed by atoms with Crippen LogP contribution < -0.4 is 10.1 Å². The van der Waals surface area contributed by atoms with Crippen molar-refractivity contribution in [2.75, 3.05) is 11.1 Å². The summed E-state index contributed by atoms with van der Waals surface area (Å²) in [7, 11) is 0. The molecule has 1 heterocycles. The summed E-state index contributed by atoms with van der Waals surface area (Å²) in [6, 6.07) is 11.5. The van der Waals surface area contributed by atoms with Gasteiger partial charge in [-0.3, -0.25) is 4.79 Å². The number of anilines is 1. The van der Waals surface area contributed by atoms with Crippen LogP contribution >= 0.6 is 23.4 Å². The molecule has 0 saturated heterocycles. The van der Waals surface area contributed by atoms with Crippen molar-refractivity contribution in [1.29, 1.82) is 0 Å². The van der Waals surface area contributed by atoms with Crippen molar-refractivity contribution < 1.29 is 9.53 Å². The summed E-state index contributed by atoms with van der Waals surface area (Å²) < 4.78 is 8.02. The maximum Gasteiger partial charge on any atom is 0.234 e. The van der Waals surface area contributed by atoms with Gasteiger partial charge >= 0.3 is 0 Å². The first-order valence-corrected chi connectivity index (χ1v) is 11.5. The van der Waals surface area contributed by atoms with E-state index in [1.165, 1.54) is 11.8 Å². The molecule has 164 valence electrons. The molecule has 0 spiro atoms. The van der Waals surface area contributed by atoms with Gasteiger partial charge in [-0.05, 0) is 69.5 Å². The summed E-state index contributed by atoms with van der Waals surface area (Å²) in [5.41, 5.74) is 4.11. The number of benzene rings is 2. The van der Waals surface area contributed by atoms with Gasteiger partial charge in [0, 0.05) is 12.2 Å². The number of hydrogen-bond acceptors (Lipinski definition) is 5. The van der Waals surface area contributed by atoms with Gasteiger partial charge in [0.2, 0.25) is 5.91 Å². The number of rotatable bonds is 8. The standard InChI is InChI=1S/C23H27ClN4O2S/c1-6-28-22(17(5)30-20-12-14(2)10-11-18(20)24)26-27-23(28)31-13-21(29)25-19-9-7-8-15(3)16(19)4/h7-12,17H,6,13H2,1-5H3,(H,25,29). The van der Waals surface area contributed by atoms with E-state index in [1.807, 2.05) is 75.6 Å². The van der Waals surface area contributed by atoms with Crippen molar-refractivity contribution in [3.8, 4) is 5.75 Å². The quantitative estimate of drug-likeness (QED) is 0.435. The second kappa shape index (κ2) is 10.2. The number of carbonyl (C=O) groups is 1. The maximum atomic E-state index is 12.5. The molecule has 3 rings (SSSR count). The molecule has 1 unspecified atom stereocenters. The molecular formula is C23H27ClN4O2S. The zero-order valence-corrected chi connectivity index (χ0v) is 20.0. The third kappa shape index (κ3) is 5.60. The van der Waals surface area contributed by atoms with Gasteiger partial charge in [0.15, 0.2) is 17.1 Å². The van der Waals surface area contributed by atoms with Gasteiger partial charge in [0.1, 0.15) is 5.75 Å². The first kappa shape index (κ1) is 23.2. The normalized spacial score (nSPS) is 11.9. The highest BCUT2D eigenvalue weighted by Crippen LogP contribution is 2.30. The van der Waals surface area contributed by atoms with Gasteiger partial charge in [-0.15, -0.1) is 10.2 Å². The third-order valence-corrected chi connectivity index (χ3v) is 6.31. The first-order valence-electron chi connectivity index (χ1n) is 10.1. The van der Waals surface area contributed by atoms with Crippen LogP contribution in [-0.2, 0) is 11.3 Å². The molecule has 0 saturated carbocycles. The minimum atomic E-state index is -0.343. The fourth-order valence-electron chi connectivity index (χ4n) is 3.15. The Bertz CT molecular complexity index is 1080. The number of thioether (sulfide) groups is 1. The molecule has 6 nitrogen and oxygen atoms in total. The molecule has 3 aromatic rings. The zero-order chi connectivity index (χ0) is 22.5. The largest absolute Gasteiger partial charge is 0.481 e. The molecule has 0 radical (unpaired) electrons. The fraction of sp³-hybridized carbons (Fsp3) is 0.348. The van der Waals surface area contributed by atoms with Crippen LogP contribution in [0, 0.1) is 20.8 Å². The Labute approximate surface area is 192 Å². The summed E-state index contributed by atoms with van der Waals surface area (Å²) in [6.45, 7) is 10.6. The van der Waals surface area contributed by atoms with Crippen molar-refractivity contribution in [3.05, 3.63) is 63.9 Å². The average molecular weight is 459 g/mol. The summed E-state index contributed by atoms with van der Waals surface area (Å²) in [5, 5.41) is 12.8. The lowest BCUT2D eigenvalue weighted by Gasteiger charge is -2.17. The smallest absolute Gasteiger partial charge is 0.234 e. The monoisotopic (exact) mass is 458 g/mol. The van der Waals surface area contributed by atoms with Crippen LogP contribution in [0.15, 0.2) is 41.6 Å².